The van der Waals surface area contributed by atoms with Gasteiger partial charge in [0.25, 0.3) is 0 Å². The average Bonchev–Trinajstić information content (AvgIpc) is 2.28. The molecule has 0 bridgehead atoms. The third-order valence-electron chi connectivity index (χ3n) is 3.65. The van der Waals surface area contributed by atoms with Crippen LogP contribution < -0.4 is 9.47 Å². The number of benzene rings is 1. The molecule has 1 aromatic rings. The summed E-state index contributed by atoms with van der Waals surface area (Å²) < 4.78 is 10.1. The first-order valence-corrected chi connectivity index (χ1v) is 5.74. The number of phenolic OH excluding ortho intramolecular Hbond substituents is 1. The van der Waals surface area contributed by atoms with E-state index in [2.05, 4.69) is 0 Å². The second kappa shape index (κ2) is 4.40. The van der Waals surface area contributed by atoms with Crippen LogP contribution in [0, 0.1) is 0 Å². The molecule has 0 heterocycles. The molecule has 1 aromatic carbocycles. The summed E-state index contributed by atoms with van der Waals surface area (Å²) >= 11 is 0. The van der Waals surface area contributed by atoms with Crippen molar-refractivity contribution in [2.75, 3.05) is 14.2 Å². The number of aromatic hydroxyl groups is 1. The molecule has 1 aliphatic carbocycles. The van der Waals surface area contributed by atoms with E-state index in [1.807, 2.05) is 0 Å². The monoisotopic (exact) mass is 252 g/mol. The molecule has 2 N–H and O–H groups in total. The van der Waals surface area contributed by atoms with E-state index in [4.69, 9.17) is 9.47 Å². The van der Waals surface area contributed by atoms with Crippen molar-refractivity contribution >= 4 is 5.97 Å². The SMILES string of the molecule is COc1ccc(C2(C(=O)O)CCC2)c(O)c1OC. The lowest BCUT2D eigenvalue weighted by Gasteiger charge is -2.38. The van der Waals surface area contributed by atoms with Gasteiger partial charge in [-0.05, 0) is 18.9 Å². The summed E-state index contributed by atoms with van der Waals surface area (Å²) in [6.07, 6.45) is 1.91. The zero-order valence-electron chi connectivity index (χ0n) is 10.4. The number of carboxylic acid groups (broad SMARTS) is 1. The molecule has 1 fully saturated rings. The normalized spacial score (nSPS) is 16.8. The number of ether oxygens (including phenoxy) is 2. The van der Waals surface area contributed by atoms with Crippen LogP contribution in [-0.2, 0) is 10.2 Å². The van der Waals surface area contributed by atoms with E-state index >= 15 is 0 Å². The highest BCUT2D eigenvalue weighted by atomic mass is 16.5. The summed E-state index contributed by atoms with van der Waals surface area (Å²) in [5, 5.41) is 19.6. The lowest BCUT2D eigenvalue weighted by molar-refractivity contribution is -0.147. The fourth-order valence-corrected chi connectivity index (χ4v) is 2.43. The Morgan fingerprint density at radius 2 is 1.94 bits per heavy atom. The zero-order chi connectivity index (χ0) is 13.3. The standard InChI is InChI=1S/C13H16O5/c1-17-9-5-4-8(10(14)11(9)18-2)13(12(15)16)6-3-7-13/h4-5,14H,3,6-7H2,1-2H3,(H,15,16). The summed E-state index contributed by atoms with van der Waals surface area (Å²) in [5.41, 5.74) is -0.581. The van der Waals surface area contributed by atoms with Gasteiger partial charge in [0.1, 0.15) is 0 Å². The molecule has 98 valence electrons. The number of phenols is 1. The van der Waals surface area contributed by atoms with E-state index in [1.54, 1.807) is 12.1 Å². The van der Waals surface area contributed by atoms with Crippen LogP contribution in [0.4, 0.5) is 0 Å². The number of carboxylic acids is 1. The Labute approximate surface area is 105 Å². The van der Waals surface area contributed by atoms with Crippen LogP contribution in [0.2, 0.25) is 0 Å². The maximum absolute atomic E-state index is 11.4. The second-order valence-corrected chi connectivity index (χ2v) is 4.44. The first-order valence-electron chi connectivity index (χ1n) is 5.74. The fourth-order valence-electron chi connectivity index (χ4n) is 2.43. The molecule has 0 spiro atoms. The number of rotatable bonds is 4. The van der Waals surface area contributed by atoms with Gasteiger partial charge in [-0.15, -0.1) is 0 Å². The van der Waals surface area contributed by atoms with Crippen molar-refractivity contribution in [1.29, 1.82) is 0 Å². The van der Waals surface area contributed by atoms with E-state index in [1.165, 1.54) is 14.2 Å². The van der Waals surface area contributed by atoms with Crippen molar-refractivity contribution in [3.63, 3.8) is 0 Å². The number of aliphatic carboxylic acids is 1. The molecule has 2 rings (SSSR count). The van der Waals surface area contributed by atoms with Crippen LogP contribution in [0.15, 0.2) is 12.1 Å². The van der Waals surface area contributed by atoms with E-state index < -0.39 is 11.4 Å². The van der Waals surface area contributed by atoms with Gasteiger partial charge in [0.2, 0.25) is 5.75 Å². The van der Waals surface area contributed by atoms with Gasteiger partial charge in [0, 0.05) is 5.56 Å². The highest BCUT2D eigenvalue weighted by Crippen LogP contribution is 2.51. The van der Waals surface area contributed by atoms with Gasteiger partial charge < -0.3 is 19.7 Å². The molecule has 0 atom stereocenters. The Hall–Kier alpha value is -1.91. The third-order valence-corrected chi connectivity index (χ3v) is 3.65. The molecule has 0 aliphatic heterocycles. The van der Waals surface area contributed by atoms with E-state index in [-0.39, 0.29) is 11.5 Å². The average molecular weight is 252 g/mol. The summed E-state index contributed by atoms with van der Waals surface area (Å²) in [4.78, 5) is 11.4. The third kappa shape index (κ3) is 1.58. The summed E-state index contributed by atoms with van der Waals surface area (Å²) in [5.74, 6) is -0.476. The van der Waals surface area contributed by atoms with E-state index in [9.17, 15) is 15.0 Å². The predicted molar refractivity (Wildman–Crippen MR) is 64.4 cm³/mol. The highest BCUT2D eigenvalue weighted by Gasteiger charge is 2.48. The van der Waals surface area contributed by atoms with Gasteiger partial charge >= 0.3 is 5.97 Å². The van der Waals surface area contributed by atoms with Gasteiger partial charge in [0.05, 0.1) is 19.6 Å². The number of carbonyl (C=O) groups is 1. The first-order chi connectivity index (χ1) is 8.56. The quantitative estimate of drug-likeness (QED) is 0.856. The van der Waals surface area contributed by atoms with Gasteiger partial charge in [-0.2, -0.15) is 0 Å². The Bertz CT molecular complexity index is 477. The molecule has 5 heteroatoms. The maximum atomic E-state index is 11.4. The van der Waals surface area contributed by atoms with Crippen LogP contribution in [0.3, 0.4) is 0 Å². The zero-order valence-corrected chi connectivity index (χ0v) is 10.4. The Balaban J connectivity index is 2.55. The van der Waals surface area contributed by atoms with Crippen LogP contribution in [0.5, 0.6) is 17.2 Å². The van der Waals surface area contributed by atoms with Crippen LogP contribution >= 0.6 is 0 Å². The lowest BCUT2D eigenvalue weighted by Crippen LogP contribution is -2.42. The topological polar surface area (TPSA) is 76.0 Å². The van der Waals surface area contributed by atoms with Crippen molar-refractivity contribution in [1.82, 2.24) is 0 Å². The second-order valence-electron chi connectivity index (χ2n) is 4.44. The minimum Gasteiger partial charge on any atom is -0.504 e. The Morgan fingerprint density at radius 1 is 1.28 bits per heavy atom. The van der Waals surface area contributed by atoms with Gasteiger partial charge in [-0.25, -0.2) is 0 Å². The largest absolute Gasteiger partial charge is 0.504 e. The molecular formula is C13H16O5. The van der Waals surface area contributed by atoms with Crippen LogP contribution in [0.1, 0.15) is 24.8 Å². The molecule has 18 heavy (non-hydrogen) atoms. The molecule has 1 saturated carbocycles. The first kappa shape index (κ1) is 12.5. The highest BCUT2D eigenvalue weighted by molar-refractivity contribution is 5.84. The van der Waals surface area contributed by atoms with Crippen molar-refractivity contribution < 1.29 is 24.5 Å². The molecule has 0 unspecified atom stereocenters. The molecule has 0 amide bonds. The van der Waals surface area contributed by atoms with Crippen molar-refractivity contribution in [2.45, 2.75) is 24.7 Å². The van der Waals surface area contributed by atoms with Crippen LogP contribution in [-0.4, -0.2) is 30.4 Å². The molecule has 0 aromatic heterocycles. The van der Waals surface area contributed by atoms with E-state index in [0.29, 0.717) is 24.2 Å². The maximum Gasteiger partial charge on any atom is 0.314 e. The number of hydrogen-bond acceptors (Lipinski definition) is 4. The van der Waals surface area contributed by atoms with Gasteiger partial charge in [-0.3, -0.25) is 4.79 Å². The molecule has 1 aliphatic rings. The number of methoxy groups -OCH3 is 2. The summed E-state index contributed by atoms with van der Waals surface area (Å²) in [7, 11) is 2.88. The van der Waals surface area contributed by atoms with Crippen LogP contribution in [0.25, 0.3) is 0 Å². The molecular weight excluding hydrogens is 236 g/mol. The van der Waals surface area contributed by atoms with Gasteiger partial charge in [-0.1, -0.05) is 12.5 Å². The summed E-state index contributed by atoms with van der Waals surface area (Å²) in [6.45, 7) is 0. The fraction of sp³-hybridized carbons (Fsp3) is 0.462. The van der Waals surface area contributed by atoms with Crippen molar-refractivity contribution in [3.8, 4) is 17.2 Å². The summed E-state index contributed by atoms with van der Waals surface area (Å²) in [6, 6.07) is 3.22. The van der Waals surface area contributed by atoms with E-state index in [0.717, 1.165) is 6.42 Å². The molecule has 0 saturated heterocycles. The molecule has 5 nitrogen and oxygen atoms in total. The van der Waals surface area contributed by atoms with Crippen molar-refractivity contribution in [2.24, 2.45) is 0 Å². The Kier molecular flexibility index (Phi) is 3.07. The minimum absolute atomic E-state index is 0.140. The van der Waals surface area contributed by atoms with Crippen molar-refractivity contribution in [3.05, 3.63) is 17.7 Å². The lowest BCUT2D eigenvalue weighted by atomic mass is 9.64. The molecule has 0 radical (unpaired) electrons. The number of hydrogen-bond donors (Lipinski definition) is 2. The predicted octanol–water partition coefficient (Wildman–Crippen LogP) is 1.92. The smallest absolute Gasteiger partial charge is 0.314 e. The Morgan fingerprint density at radius 3 is 2.33 bits per heavy atom. The minimum atomic E-state index is -0.983. The van der Waals surface area contributed by atoms with Gasteiger partial charge in [0.15, 0.2) is 11.5 Å².